The van der Waals surface area contributed by atoms with E-state index in [0.717, 1.165) is 33.9 Å². The van der Waals surface area contributed by atoms with E-state index in [1.54, 1.807) is 0 Å². The summed E-state index contributed by atoms with van der Waals surface area (Å²) in [4.78, 5) is 2.40. The van der Waals surface area contributed by atoms with Crippen LogP contribution < -0.4 is 4.90 Å². The summed E-state index contributed by atoms with van der Waals surface area (Å²) in [6.07, 6.45) is 0. The van der Waals surface area contributed by atoms with E-state index in [9.17, 15) is 0 Å². The van der Waals surface area contributed by atoms with E-state index in [1.165, 1.54) is 65.6 Å². The van der Waals surface area contributed by atoms with Gasteiger partial charge in [-0.3, -0.25) is 0 Å². The van der Waals surface area contributed by atoms with Crippen molar-refractivity contribution in [1.82, 2.24) is 4.57 Å². The van der Waals surface area contributed by atoms with Gasteiger partial charge in [-0.05, 0) is 110 Å². The van der Waals surface area contributed by atoms with Gasteiger partial charge in [-0.2, -0.15) is 0 Å². The lowest BCUT2D eigenvalue weighted by Gasteiger charge is -2.28. The van der Waals surface area contributed by atoms with Gasteiger partial charge in [0.1, 0.15) is 0 Å². The average Bonchev–Trinajstić information content (AvgIpc) is 3.64. The molecule has 0 aliphatic carbocycles. The second kappa shape index (κ2) is 14.1. The highest BCUT2D eigenvalue weighted by molar-refractivity contribution is 6.09. The normalized spacial score (nSPS) is 11.4. The standard InChI is InChI=1S/C56H38N2/c1-2-15-43-37-44(28-27-39(43)13-1)40-29-33-46(34-30-40)57(47-35-31-42(32-36-47)50-23-12-16-41-14-3-4-19-49(41)50)54-24-8-5-20-51(54)45-17-11-18-48(38-45)58-55-25-9-6-21-52(55)53-22-7-10-26-56(53)58/h1-38H. The molecule has 0 fully saturated rings. The van der Waals surface area contributed by atoms with E-state index in [1.807, 2.05) is 0 Å². The van der Waals surface area contributed by atoms with Crippen LogP contribution in [0.3, 0.4) is 0 Å². The Morgan fingerprint density at radius 1 is 0.293 bits per heavy atom. The maximum atomic E-state index is 2.40. The molecular weight excluding hydrogens is 701 g/mol. The highest BCUT2D eigenvalue weighted by atomic mass is 15.1. The van der Waals surface area contributed by atoms with Gasteiger partial charge >= 0.3 is 0 Å². The minimum absolute atomic E-state index is 1.09. The molecule has 2 nitrogen and oxygen atoms in total. The summed E-state index contributed by atoms with van der Waals surface area (Å²) in [6, 6.07) is 83.7. The Hall–Kier alpha value is -7.68. The van der Waals surface area contributed by atoms with E-state index in [2.05, 4.69) is 240 Å². The third-order valence-corrected chi connectivity index (χ3v) is 11.6. The van der Waals surface area contributed by atoms with E-state index < -0.39 is 0 Å². The van der Waals surface area contributed by atoms with Gasteiger partial charge < -0.3 is 9.47 Å². The van der Waals surface area contributed by atoms with Gasteiger partial charge in [-0.1, -0.05) is 170 Å². The lowest BCUT2D eigenvalue weighted by molar-refractivity contribution is 1.18. The first-order valence-corrected chi connectivity index (χ1v) is 19.9. The van der Waals surface area contributed by atoms with E-state index in [4.69, 9.17) is 0 Å². The molecule has 11 rings (SSSR count). The fourth-order valence-electron chi connectivity index (χ4n) is 8.79. The Balaban J connectivity index is 1.05. The number of rotatable bonds is 7. The Morgan fingerprint density at radius 3 is 1.57 bits per heavy atom. The topological polar surface area (TPSA) is 8.17 Å². The summed E-state index contributed by atoms with van der Waals surface area (Å²) < 4.78 is 2.39. The third kappa shape index (κ3) is 5.82. The fourth-order valence-corrected chi connectivity index (χ4v) is 8.79. The molecule has 0 aliphatic rings. The number of benzene rings is 10. The monoisotopic (exact) mass is 738 g/mol. The van der Waals surface area contributed by atoms with Crippen LogP contribution in [0, 0.1) is 0 Å². The number of fused-ring (bicyclic) bond motifs is 5. The van der Waals surface area contributed by atoms with Crippen molar-refractivity contribution in [3.8, 4) is 39.1 Å². The van der Waals surface area contributed by atoms with Gasteiger partial charge in [0.15, 0.2) is 0 Å². The zero-order chi connectivity index (χ0) is 38.4. The van der Waals surface area contributed by atoms with Crippen molar-refractivity contribution in [1.29, 1.82) is 0 Å². The van der Waals surface area contributed by atoms with Crippen LogP contribution in [0.2, 0.25) is 0 Å². The molecule has 0 atom stereocenters. The van der Waals surface area contributed by atoms with E-state index in [-0.39, 0.29) is 0 Å². The summed E-state index contributed by atoms with van der Waals surface area (Å²) in [5.41, 5.74) is 14.0. The van der Waals surface area contributed by atoms with Crippen molar-refractivity contribution in [2.45, 2.75) is 0 Å². The Morgan fingerprint density at radius 2 is 0.828 bits per heavy atom. The fraction of sp³-hybridized carbons (Fsp3) is 0. The van der Waals surface area contributed by atoms with Crippen molar-refractivity contribution < 1.29 is 0 Å². The summed E-state index contributed by atoms with van der Waals surface area (Å²) >= 11 is 0. The molecular formula is C56H38N2. The first kappa shape index (κ1) is 33.6. The predicted octanol–water partition coefficient (Wildman–Crippen LogP) is 15.6. The molecule has 11 aromatic rings. The number of nitrogens with zero attached hydrogens (tertiary/aromatic N) is 2. The zero-order valence-electron chi connectivity index (χ0n) is 31.8. The lowest BCUT2D eigenvalue weighted by atomic mass is 9.97. The first-order valence-electron chi connectivity index (χ1n) is 19.9. The summed E-state index contributed by atoms with van der Waals surface area (Å²) in [5, 5.41) is 7.51. The Bertz CT molecular complexity index is 3220. The summed E-state index contributed by atoms with van der Waals surface area (Å²) in [6.45, 7) is 0. The van der Waals surface area contributed by atoms with Crippen LogP contribution in [0.4, 0.5) is 17.1 Å². The second-order valence-corrected chi connectivity index (χ2v) is 15.0. The van der Waals surface area contributed by atoms with Crippen LogP contribution in [-0.2, 0) is 0 Å². The molecule has 0 amide bonds. The van der Waals surface area contributed by atoms with Crippen molar-refractivity contribution in [2.24, 2.45) is 0 Å². The molecule has 10 aromatic carbocycles. The number of hydrogen-bond acceptors (Lipinski definition) is 1. The van der Waals surface area contributed by atoms with Gasteiger partial charge in [0, 0.05) is 33.4 Å². The minimum atomic E-state index is 1.09. The quantitative estimate of drug-likeness (QED) is 0.158. The molecule has 0 aliphatic heterocycles. The number of aromatic nitrogens is 1. The van der Waals surface area contributed by atoms with Crippen molar-refractivity contribution >= 4 is 60.4 Å². The highest BCUT2D eigenvalue weighted by Crippen LogP contribution is 2.43. The number of hydrogen-bond donors (Lipinski definition) is 0. The third-order valence-electron chi connectivity index (χ3n) is 11.6. The zero-order valence-corrected chi connectivity index (χ0v) is 31.8. The van der Waals surface area contributed by atoms with Gasteiger partial charge in [0.25, 0.3) is 0 Å². The van der Waals surface area contributed by atoms with Crippen LogP contribution in [0.5, 0.6) is 0 Å². The second-order valence-electron chi connectivity index (χ2n) is 15.0. The molecule has 0 spiro atoms. The molecule has 0 N–H and O–H groups in total. The molecule has 0 radical (unpaired) electrons. The van der Waals surface area contributed by atoms with Crippen LogP contribution in [-0.4, -0.2) is 4.57 Å². The average molecular weight is 739 g/mol. The number of para-hydroxylation sites is 3. The highest BCUT2D eigenvalue weighted by Gasteiger charge is 2.19. The first-order chi connectivity index (χ1) is 28.8. The van der Waals surface area contributed by atoms with Crippen molar-refractivity contribution in [3.05, 3.63) is 231 Å². The molecule has 0 saturated heterocycles. The summed E-state index contributed by atoms with van der Waals surface area (Å²) in [5.74, 6) is 0. The van der Waals surface area contributed by atoms with Crippen LogP contribution >= 0.6 is 0 Å². The van der Waals surface area contributed by atoms with Crippen LogP contribution in [0.1, 0.15) is 0 Å². The van der Waals surface area contributed by atoms with Gasteiger partial charge in [-0.15, -0.1) is 0 Å². The lowest BCUT2D eigenvalue weighted by Crippen LogP contribution is -2.11. The van der Waals surface area contributed by atoms with Crippen molar-refractivity contribution in [2.75, 3.05) is 4.90 Å². The smallest absolute Gasteiger partial charge is 0.0541 e. The van der Waals surface area contributed by atoms with E-state index in [0.29, 0.717) is 0 Å². The minimum Gasteiger partial charge on any atom is -0.310 e. The maximum Gasteiger partial charge on any atom is 0.0541 e. The largest absolute Gasteiger partial charge is 0.310 e. The number of anilines is 3. The van der Waals surface area contributed by atoms with Gasteiger partial charge in [0.2, 0.25) is 0 Å². The van der Waals surface area contributed by atoms with Gasteiger partial charge in [0.05, 0.1) is 16.7 Å². The molecule has 0 bridgehead atoms. The van der Waals surface area contributed by atoms with Gasteiger partial charge in [-0.25, -0.2) is 0 Å². The van der Waals surface area contributed by atoms with E-state index >= 15 is 0 Å². The molecule has 58 heavy (non-hydrogen) atoms. The predicted molar refractivity (Wildman–Crippen MR) is 247 cm³/mol. The van der Waals surface area contributed by atoms with Crippen LogP contribution in [0.15, 0.2) is 231 Å². The Labute approximate surface area is 338 Å². The molecule has 1 aromatic heterocycles. The molecule has 0 unspecified atom stereocenters. The molecule has 1 heterocycles. The maximum absolute atomic E-state index is 2.40. The SMILES string of the molecule is c1cc(-c2ccccc2N(c2ccc(-c3ccc4ccccc4c3)cc2)c2ccc(-c3cccc4ccccc34)cc2)cc(-n2c3ccccc3c3ccccc32)c1. The Kier molecular flexibility index (Phi) is 8.19. The van der Waals surface area contributed by atoms with Crippen molar-refractivity contribution in [3.63, 3.8) is 0 Å². The molecule has 0 saturated carbocycles. The molecule has 2 heteroatoms. The molecule has 272 valence electrons. The summed E-state index contributed by atoms with van der Waals surface area (Å²) in [7, 11) is 0. The van der Waals surface area contributed by atoms with Crippen LogP contribution in [0.25, 0.3) is 82.4 Å².